The van der Waals surface area contributed by atoms with E-state index in [1.165, 1.54) is 44.1 Å². The molecule has 0 bridgehead atoms. The number of esters is 1. The Morgan fingerprint density at radius 3 is 2.34 bits per heavy atom. The summed E-state index contributed by atoms with van der Waals surface area (Å²) in [6, 6.07) is 10.8. The van der Waals surface area contributed by atoms with Gasteiger partial charge in [-0.25, -0.2) is 9.79 Å². The van der Waals surface area contributed by atoms with Crippen LogP contribution < -0.4 is 33.8 Å². The third-order valence-electron chi connectivity index (χ3n) is 7.26. The number of thiazole rings is 1. The van der Waals surface area contributed by atoms with Crippen LogP contribution in [-0.4, -0.2) is 50.5 Å². The number of fused-ring (bicyclic) bond motifs is 2. The highest BCUT2D eigenvalue weighted by molar-refractivity contribution is 7.07. The van der Waals surface area contributed by atoms with E-state index in [4.69, 9.17) is 23.7 Å². The van der Waals surface area contributed by atoms with Crippen LogP contribution in [0.5, 0.6) is 23.0 Å². The fraction of sp³-hybridized carbons (Fsp3) is 0.258. The minimum atomic E-state index is -1.00. The van der Waals surface area contributed by atoms with Crippen molar-refractivity contribution in [3.05, 3.63) is 94.7 Å². The van der Waals surface area contributed by atoms with E-state index in [0.717, 1.165) is 16.7 Å². The van der Waals surface area contributed by atoms with E-state index in [-0.39, 0.29) is 39.5 Å². The molecule has 0 saturated carbocycles. The second-order valence-corrected chi connectivity index (χ2v) is 10.6. The summed E-state index contributed by atoms with van der Waals surface area (Å²) >= 11 is 1.04. The van der Waals surface area contributed by atoms with Crippen LogP contribution >= 0.6 is 11.3 Å². The maximum absolute atomic E-state index is 14.3. The fourth-order valence-corrected chi connectivity index (χ4v) is 6.29. The van der Waals surface area contributed by atoms with Gasteiger partial charge < -0.3 is 23.7 Å². The number of hydrogen-bond donors (Lipinski definition) is 0. The Labute approximate surface area is 255 Å². The third-order valence-corrected chi connectivity index (χ3v) is 8.24. The molecular weight excluding hydrogens is 590 g/mol. The molecule has 0 aliphatic carbocycles. The summed E-state index contributed by atoms with van der Waals surface area (Å²) in [7, 11) is 5.84. The lowest BCUT2D eigenvalue weighted by Crippen LogP contribution is -2.40. The quantitative estimate of drug-likeness (QED) is 0.155. The summed E-state index contributed by atoms with van der Waals surface area (Å²) in [6.45, 7) is 3.47. The molecule has 0 amide bonds. The van der Waals surface area contributed by atoms with Gasteiger partial charge in [0, 0.05) is 5.56 Å². The normalized spacial score (nSPS) is 14.6. The van der Waals surface area contributed by atoms with E-state index in [1.54, 1.807) is 27.0 Å². The Hall–Kier alpha value is -5.17. The molecule has 2 heterocycles. The Kier molecular flexibility index (Phi) is 8.41. The van der Waals surface area contributed by atoms with Crippen LogP contribution in [-0.2, 0) is 9.53 Å². The Bertz CT molecular complexity index is 2020. The number of rotatable bonds is 9. The summed E-state index contributed by atoms with van der Waals surface area (Å²) in [6.07, 6.45) is 1.41. The summed E-state index contributed by atoms with van der Waals surface area (Å²) in [4.78, 5) is 44.1. The predicted octanol–water partition coefficient (Wildman–Crippen LogP) is 3.89. The zero-order valence-corrected chi connectivity index (χ0v) is 25.6. The van der Waals surface area contributed by atoms with E-state index < -0.39 is 22.5 Å². The van der Waals surface area contributed by atoms with Gasteiger partial charge in [-0.05, 0) is 55.0 Å². The minimum Gasteiger partial charge on any atom is -0.497 e. The van der Waals surface area contributed by atoms with Crippen LogP contribution in [0.15, 0.2) is 63.5 Å². The van der Waals surface area contributed by atoms with Gasteiger partial charge >= 0.3 is 5.97 Å². The first kappa shape index (κ1) is 30.3. The van der Waals surface area contributed by atoms with Crippen molar-refractivity contribution in [1.29, 1.82) is 0 Å². The van der Waals surface area contributed by atoms with Gasteiger partial charge in [0.1, 0.15) is 17.5 Å². The first-order chi connectivity index (χ1) is 21.2. The van der Waals surface area contributed by atoms with Gasteiger partial charge in [-0.2, -0.15) is 0 Å². The van der Waals surface area contributed by atoms with Crippen molar-refractivity contribution in [2.45, 2.75) is 19.9 Å². The third kappa shape index (κ3) is 5.15. The second-order valence-electron chi connectivity index (χ2n) is 9.59. The Morgan fingerprint density at radius 2 is 1.70 bits per heavy atom. The van der Waals surface area contributed by atoms with Crippen LogP contribution in [0.4, 0.5) is 5.69 Å². The van der Waals surface area contributed by atoms with E-state index in [2.05, 4.69) is 4.99 Å². The molecule has 228 valence electrons. The lowest BCUT2D eigenvalue weighted by atomic mass is 9.90. The second kappa shape index (κ2) is 12.2. The molecule has 1 aliphatic heterocycles. The van der Waals surface area contributed by atoms with Crippen molar-refractivity contribution in [1.82, 2.24) is 4.57 Å². The van der Waals surface area contributed by atoms with Crippen molar-refractivity contribution >= 4 is 39.8 Å². The number of aromatic nitrogens is 1. The highest BCUT2D eigenvalue weighted by Gasteiger charge is 2.36. The zero-order chi connectivity index (χ0) is 31.7. The van der Waals surface area contributed by atoms with Gasteiger partial charge in [0.15, 0.2) is 16.3 Å². The predicted molar refractivity (Wildman–Crippen MR) is 164 cm³/mol. The molecular formula is C31H29N3O9S. The first-order valence-corrected chi connectivity index (χ1v) is 14.2. The SMILES string of the molecule is CCOC(=O)C1=C(C)N=c2sc(=Cc3cc(OC)c(OC)cc3[N+](=O)[O-])c(=O)n2C1c1c(OC)ccc2ccc(OC)cc12. The summed E-state index contributed by atoms with van der Waals surface area (Å²) in [5, 5.41) is 13.5. The zero-order valence-electron chi connectivity index (χ0n) is 24.8. The largest absolute Gasteiger partial charge is 0.497 e. The van der Waals surface area contributed by atoms with Crippen molar-refractivity contribution in [2.24, 2.45) is 4.99 Å². The maximum Gasteiger partial charge on any atom is 0.338 e. The van der Waals surface area contributed by atoms with Crippen LogP contribution in [0.1, 0.15) is 31.0 Å². The van der Waals surface area contributed by atoms with E-state index in [9.17, 15) is 19.7 Å². The van der Waals surface area contributed by atoms with Gasteiger partial charge in [0.05, 0.1) is 67.4 Å². The topological polar surface area (TPSA) is 141 Å². The molecule has 0 saturated heterocycles. The number of carbonyl (C=O) groups is 1. The molecule has 3 aromatic carbocycles. The lowest BCUT2D eigenvalue weighted by Gasteiger charge is -2.27. The molecule has 12 nitrogen and oxygen atoms in total. The molecule has 1 aliphatic rings. The molecule has 1 aromatic heterocycles. The molecule has 0 spiro atoms. The monoisotopic (exact) mass is 619 g/mol. The van der Waals surface area contributed by atoms with Crippen LogP contribution in [0.3, 0.4) is 0 Å². The Morgan fingerprint density at radius 1 is 1.02 bits per heavy atom. The molecule has 44 heavy (non-hydrogen) atoms. The number of nitro groups is 1. The molecule has 1 atom stereocenters. The number of methoxy groups -OCH3 is 4. The Balaban J connectivity index is 1.87. The fourth-order valence-electron chi connectivity index (χ4n) is 5.25. The van der Waals surface area contributed by atoms with Crippen molar-refractivity contribution in [2.75, 3.05) is 35.0 Å². The highest BCUT2D eigenvalue weighted by atomic mass is 32.1. The van der Waals surface area contributed by atoms with Crippen molar-refractivity contribution in [3.63, 3.8) is 0 Å². The number of nitrogens with zero attached hydrogens (tertiary/aromatic N) is 3. The summed E-state index contributed by atoms with van der Waals surface area (Å²) in [5.41, 5.74) is 0.390. The highest BCUT2D eigenvalue weighted by Crippen LogP contribution is 2.41. The molecule has 0 fully saturated rings. The molecule has 13 heteroatoms. The minimum absolute atomic E-state index is 0.107. The van der Waals surface area contributed by atoms with Crippen molar-refractivity contribution in [3.8, 4) is 23.0 Å². The van der Waals surface area contributed by atoms with Gasteiger partial charge in [-0.1, -0.05) is 23.5 Å². The van der Waals surface area contributed by atoms with Gasteiger partial charge in [0.2, 0.25) is 0 Å². The summed E-state index contributed by atoms with van der Waals surface area (Å²) < 4.78 is 28.9. The van der Waals surface area contributed by atoms with Gasteiger partial charge in [0.25, 0.3) is 11.2 Å². The van der Waals surface area contributed by atoms with Crippen molar-refractivity contribution < 1.29 is 33.4 Å². The van der Waals surface area contributed by atoms with Crippen LogP contribution in [0.2, 0.25) is 0 Å². The van der Waals surface area contributed by atoms with Gasteiger partial charge in [-0.15, -0.1) is 0 Å². The number of ether oxygens (including phenoxy) is 5. The smallest absolute Gasteiger partial charge is 0.338 e. The number of allylic oxidation sites excluding steroid dienone is 1. The average molecular weight is 620 g/mol. The number of benzene rings is 3. The lowest BCUT2D eigenvalue weighted by molar-refractivity contribution is -0.385. The van der Waals surface area contributed by atoms with Crippen LogP contribution in [0, 0.1) is 10.1 Å². The average Bonchev–Trinajstić information content (AvgIpc) is 3.32. The van der Waals surface area contributed by atoms with E-state index in [0.29, 0.717) is 32.9 Å². The number of carbonyl (C=O) groups excluding carboxylic acids is 1. The first-order valence-electron chi connectivity index (χ1n) is 13.4. The molecule has 0 N–H and O–H groups in total. The van der Waals surface area contributed by atoms with Gasteiger partial charge in [-0.3, -0.25) is 19.5 Å². The molecule has 1 unspecified atom stereocenters. The molecule has 5 rings (SSSR count). The molecule has 0 radical (unpaired) electrons. The summed E-state index contributed by atoms with van der Waals surface area (Å²) in [5.74, 6) is 0.789. The van der Waals surface area contributed by atoms with Crippen LogP contribution in [0.25, 0.3) is 16.8 Å². The standard InChI is InChI=1S/C31H29N3O9S/c1-7-43-30(36)26-16(2)32-31-33(28(26)27-20-14-19(39-3)10-8-17(20)9-11-22(27)40-4)29(35)25(44-31)13-18-12-23(41-5)24(42-6)15-21(18)34(37)38/h8-15,28H,7H2,1-6H3. The van der Waals surface area contributed by atoms with E-state index >= 15 is 0 Å². The van der Waals surface area contributed by atoms with E-state index in [1.807, 2.05) is 24.3 Å². The molecule has 4 aromatic rings. The maximum atomic E-state index is 14.3. The number of hydrogen-bond acceptors (Lipinski definition) is 11. The number of nitro benzene ring substituents is 1.